The van der Waals surface area contributed by atoms with E-state index in [9.17, 15) is 22.2 Å². The third-order valence-electron chi connectivity index (χ3n) is 2.74. The van der Waals surface area contributed by atoms with Gasteiger partial charge in [-0.1, -0.05) is 0 Å². The SMILES string of the molecule is O=C1C=C(n2ncc3cc(C(F)(F)F)ccc32)S(=O)N1. The van der Waals surface area contributed by atoms with Gasteiger partial charge in [-0.05, 0) is 18.2 Å². The van der Waals surface area contributed by atoms with Crippen LogP contribution in [0, 0.1) is 0 Å². The van der Waals surface area contributed by atoms with Crippen molar-refractivity contribution in [2.24, 2.45) is 0 Å². The maximum absolute atomic E-state index is 12.6. The lowest BCUT2D eigenvalue weighted by Gasteiger charge is -2.07. The summed E-state index contributed by atoms with van der Waals surface area (Å²) in [5, 5.41) is 4.22. The molecule has 0 aliphatic carbocycles. The Balaban J connectivity index is 2.14. The number of hydrogen-bond acceptors (Lipinski definition) is 3. The summed E-state index contributed by atoms with van der Waals surface area (Å²) in [5.41, 5.74) is -0.450. The van der Waals surface area contributed by atoms with Gasteiger partial charge in [0.15, 0.2) is 16.0 Å². The summed E-state index contributed by atoms with van der Waals surface area (Å²) in [7, 11) is -1.76. The van der Waals surface area contributed by atoms with Gasteiger partial charge in [-0.3, -0.25) is 9.52 Å². The average Bonchev–Trinajstić information content (AvgIpc) is 2.90. The summed E-state index contributed by atoms with van der Waals surface area (Å²) < 4.78 is 52.7. The fourth-order valence-electron chi connectivity index (χ4n) is 1.86. The first kappa shape index (κ1) is 12.9. The Labute approximate surface area is 112 Å². The number of halogens is 3. The number of rotatable bonds is 1. The fraction of sp³-hybridized carbons (Fsp3) is 0.0909. The van der Waals surface area contributed by atoms with E-state index in [4.69, 9.17) is 0 Å². The number of nitrogens with one attached hydrogen (secondary N) is 1. The molecule has 0 bridgehead atoms. The lowest BCUT2D eigenvalue weighted by molar-refractivity contribution is -0.137. The molecule has 0 fully saturated rings. The molecular weight excluding hydrogens is 295 g/mol. The fourth-order valence-corrected chi connectivity index (χ4v) is 2.73. The number of fused-ring (bicyclic) bond motifs is 1. The molecule has 1 amide bonds. The first-order valence-corrected chi connectivity index (χ1v) is 6.51. The van der Waals surface area contributed by atoms with Crippen LogP contribution in [0.25, 0.3) is 15.9 Å². The molecule has 0 saturated heterocycles. The second-order valence-corrected chi connectivity index (χ2v) is 5.21. The smallest absolute Gasteiger partial charge is 0.269 e. The quantitative estimate of drug-likeness (QED) is 0.871. The number of carbonyl (C=O) groups is 1. The van der Waals surface area contributed by atoms with Crippen molar-refractivity contribution in [3.8, 4) is 0 Å². The highest BCUT2D eigenvalue weighted by molar-refractivity contribution is 7.93. The first-order valence-electron chi connectivity index (χ1n) is 5.36. The Morgan fingerprint density at radius 3 is 2.65 bits per heavy atom. The van der Waals surface area contributed by atoms with Gasteiger partial charge in [-0.2, -0.15) is 18.3 Å². The van der Waals surface area contributed by atoms with E-state index >= 15 is 0 Å². The van der Waals surface area contributed by atoms with Crippen LogP contribution in [0.2, 0.25) is 0 Å². The van der Waals surface area contributed by atoms with Gasteiger partial charge in [0.05, 0.1) is 17.3 Å². The number of carbonyl (C=O) groups excluding carboxylic acids is 1. The Bertz CT molecular complexity index is 779. The minimum Gasteiger partial charge on any atom is -0.269 e. The van der Waals surface area contributed by atoms with E-state index in [-0.39, 0.29) is 10.4 Å². The van der Waals surface area contributed by atoms with Crippen LogP contribution in [-0.4, -0.2) is 19.9 Å². The van der Waals surface area contributed by atoms with Crippen LogP contribution in [-0.2, 0) is 22.0 Å². The molecule has 1 atom stereocenters. The molecule has 1 aromatic heterocycles. The van der Waals surface area contributed by atoms with Crippen molar-refractivity contribution < 1.29 is 22.2 Å². The second kappa shape index (κ2) is 4.17. The second-order valence-electron chi connectivity index (χ2n) is 4.05. The maximum atomic E-state index is 12.6. The van der Waals surface area contributed by atoms with Gasteiger partial charge in [0, 0.05) is 11.5 Å². The number of aromatic nitrogens is 2. The summed E-state index contributed by atoms with van der Waals surface area (Å²) in [6.45, 7) is 0. The van der Waals surface area contributed by atoms with Crippen molar-refractivity contribution in [1.29, 1.82) is 0 Å². The molecule has 1 aliphatic rings. The number of alkyl halides is 3. The minimum atomic E-state index is -4.44. The zero-order valence-electron chi connectivity index (χ0n) is 9.64. The van der Waals surface area contributed by atoms with Gasteiger partial charge in [0.2, 0.25) is 0 Å². The van der Waals surface area contributed by atoms with Crippen molar-refractivity contribution in [3.63, 3.8) is 0 Å². The van der Waals surface area contributed by atoms with Crippen molar-refractivity contribution in [2.75, 3.05) is 0 Å². The minimum absolute atomic E-state index is 0.0877. The lowest BCUT2D eigenvalue weighted by Crippen LogP contribution is -2.17. The van der Waals surface area contributed by atoms with E-state index < -0.39 is 28.6 Å². The molecule has 1 aliphatic heterocycles. The van der Waals surface area contributed by atoms with Gasteiger partial charge in [-0.25, -0.2) is 8.89 Å². The predicted molar refractivity (Wildman–Crippen MR) is 65.3 cm³/mol. The Morgan fingerprint density at radius 1 is 1.30 bits per heavy atom. The number of nitrogens with zero attached hydrogens (tertiary/aromatic N) is 2. The summed E-state index contributed by atoms with van der Waals surface area (Å²) in [5.74, 6) is -0.533. The van der Waals surface area contributed by atoms with Crippen LogP contribution in [0.3, 0.4) is 0 Å². The summed E-state index contributed by atoms with van der Waals surface area (Å²) in [6.07, 6.45) is -2.12. The highest BCUT2D eigenvalue weighted by Crippen LogP contribution is 2.32. The van der Waals surface area contributed by atoms with E-state index in [1.165, 1.54) is 16.9 Å². The van der Waals surface area contributed by atoms with Gasteiger partial charge in [0.25, 0.3) is 5.91 Å². The van der Waals surface area contributed by atoms with E-state index in [2.05, 4.69) is 9.82 Å². The normalized spacial score (nSPS) is 19.2. The third-order valence-corrected chi connectivity index (χ3v) is 3.80. The Kier molecular flexibility index (Phi) is 2.68. The number of benzene rings is 1. The molecule has 1 unspecified atom stereocenters. The number of hydrogen-bond donors (Lipinski definition) is 1. The Hall–Kier alpha value is -2.16. The van der Waals surface area contributed by atoms with Crippen molar-refractivity contribution >= 4 is 32.8 Å². The molecule has 5 nitrogen and oxygen atoms in total. The van der Waals surface area contributed by atoms with Crippen LogP contribution in [0.1, 0.15) is 5.56 Å². The summed E-state index contributed by atoms with van der Waals surface area (Å²) in [6, 6.07) is 3.09. The van der Waals surface area contributed by atoms with Crippen molar-refractivity contribution in [3.05, 3.63) is 36.0 Å². The highest BCUT2D eigenvalue weighted by Gasteiger charge is 2.31. The van der Waals surface area contributed by atoms with Crippen LogP contribution < -0.4 is 4.72 Å². The molecule has 0 spiro atoms. The molecule has 104 valence electrons. The van der Waals surface area contributed by atoms with Gasteiger partial charge in [0.1, 0.15) is 0 Å². The summed E-state index contributed by atoms with van der Waals surface area (Å²) >= 11 is 0. The molecule has 1 N–H and O–H groups in total. The van der Waals surface area contributed by atoms with E-state index in [1.54, 1.807) is 0 Å². The topological polar surface area (TPSA) is 64.0 Å². The van der Waals surface area contributed by atoms with Crippen LogP contribution in [0.4, 0.5) is 13.2 Å². The monoisotopic (exact) mass is 301 g/mol. The van der Waals surface area contributed by atoms with Crippen molar-refractivity contribution in [1.82, 2.24) is 14.5 Å². The standard InChI is InChI=1S/C11H6F3N3O2S/c12-11(13,14)7-1-2-8-6(3-7)5-15-17(8)10-4-9(18)16-20(10)19/h1-5H,(H,16,18). The molecule has 0 saturated carbocycles. The summed E-state index contributed by atoms with van der Waals surface area (Å²) in [4.78, 5) is 11.1. The van der Waals surface area contributed by atoms with Crippen LogP contribution in [0.15, 0.2) is 30.5 Å². The van der Waals surface area contributed by atoms with Gasteiger partial charge in [-0.15, -0.1) is 0 Å². The molecule has 2 heterocycles. The van der Waals surface area contributed by atoms with Gasteiger partial charge >= 0.3 is 6.18 Å². The number of amides is 1. The molecule has 20 heavy (non-hydrogen) atoms. The van der Waals surface area contributed by atoms with Gasteiger partial charge < -0.3 is 0 Å². The zero-order chi connectivity index (χ0) is 14.5. The maximum Gasteiger partial charge on any atom is 0.416 e. The van der Waals surface area contributed by atoms with E-state index in [1.807, 2.05) is 0 Å². The molecule has 3 rings (SSSR count). The molecule has 2 aromatic rings. The third kappa shape index (κ3) is 1.99. The lowest BCUT2D eigenvalue weighted by atomic mass is 10.1. The molecular formula is C11H6F3N3O2S. The Morgan fingerprint density at radius 2 is 2.05 bits per heavy atom. The first-order chi connectivity index (χ1) is 9.36. The van der Waals surface area contributed by atoms with Crippen molar-refractivity contribution in [2.45, 2.75) is 6.18 Å². The highest BCUT2D eigenvalue weighted by atomic mass is 32.2. The van der Waals surface area contributed by atoms with E-state index in [0.717, 1.165) is 18.2 Å². The zero-order valence-corrected chi connectivity index (χ0v) is 10.5. The van der Waals surface area contributed by atoms with E-state index in [0.29, 0.717) is 5.52 Å². The molecule has 9 heteroatoms. The van der Waals surface area contributed by atoms with Crippen LogP contribution >= 0.6 is 0 Å². The molecule has 0 radical (unpaired) electrons. The molecule has 1 aromatic carbocycles. The average molecular weight is 301 g/mol. The predicted octanol–water partition coefficient (Wildman–Crippen LogP) is 1.65. The largest absolute Gasteiger partial charge is 0.416 e. The van der Waals surface area contributed by atoms with Crippen LogP contribution in [0.5, 0.6) is 0 Å².